The van der Waals surface area contributed by atoms with E-state index in [0.29, 0.717) is 5.56 Å². The highest BCUT2D eigenvalue weighted by molar-refractivity contribution is 5.95. The Morgan fingerprint density at radius 2 is 1.95 bits per heavy atom. The van der Waals surface area contributed by atoms with E-state index in [0.717, 1.165) is 0 Å². The van der Waals surface area contributed by atoms with Crippen molar-refractivity contribution in [2.45, 2.75) is 26.3 Å². The van der Waals surface area contributed by atoms with Gasteiger partial charge in [-0.3, -0.25) is 0 Å². The smallest absolute Gasteiger partial charge is 0.356 e. The summed E-state index contributed by atoms with van der Waals surface area (Å²) in [6.07, 6.45) is 0. The molecule has 5 N–H and O–H groups in total. The second kappa shape index (κ2) is 5.51. The van der Waals surface area contributed by atoms with Gasteiger partial charge in [-0.1, -0.05) is 12.1 Å². The SMILES string of the molecule is CC(C)(C)Nc1nc(-c2cccc(O)c2)nc(C(=O)O)c1N. The lowest BCUT2D eigenvalue weighted by Crippen LogP contribution is -2.28. The van der Waals surface area contributed by atoms with E-state index in [1.54, 1.807) is 12.1 Å². The summed E-state index contributed by atoms with van der Waals surface area (Å²) in [4.78, 5) is 19.6. The van der Waals surface area contributed by atoms with Crippen LogP contribution in [0.25, 0.3) is 11.4 Å². The zero-order valence-corrected chi connectivity index (χ0v) is 12.6. The van der Waals surface area contributed by atoms with Crippen molar-refractivity contribution in [3.8, 4) is 17.1 Å². The number of phenols is 1. The highest BCUT2D eigenvalue weighted by Crippen LogP contribution is 2.28. The predicted molar refractivity (Wildman–Crippen MR) is 83.9 cm³/mol. The fourth-order valence-corrected chi connectivity index (χ4v) is 1.86. The Morgan fingerprint density at radius 1 is 1.27 bits per heavy atom. The third kappa shape index (κ3) is 3.43. The van der Waals surface area contributed by atoms with Gasteiger partial charge in [0.15, 0.2) is 17.3 Å². The van der Waals surface area contributed by atoms with Gasteiger partial charge in [-0.15, -0.1) is 0 Å². The Hall–Kier alpha value is -2.83. The summed E-state index contributed by atoms with van der Waals surface area (Å²) in [5.41, 5.74) is 5.70. The Kier molecular flexibility index (Phi) is 3.90. The second-order valence-corrected chi connectivity index (χ2v) is 5.89. The number of aromatic nitrogens is 2. The minimum atomic E-state index is -1.24. The molecule has 1 heterocycles. The molecule has 7 nitrogen and oxygen atoms in total. The number of anilines is 2. The van der Waals surface area contributed by atoms with Gasteiger partial charge in [0.2, 0.25) is 0 Å². The van der Waals surface area contributed by atoms with Gasteiger partial charge in [0, 0.05) is 11.1 Å². The molecule has 0 aliphatic carbocycles. The van der Waals surface area contributed by atoms with E-state index in [-0.39, 0.29) is 34.3 Å². The van der Waals surface area contributed by atoms with Crippen molar-refractivity contribution in [1.82, 2.24) is 9.97 Å². The van der Waals surface area contributed by atoms with E-state index < -0.39 is 5.97 Å². The number of rotatable bonds is 3. The summed E-state index contributed by atoms with van der Waals surface area (Å²) < 4.78 is 0. The fraction of sp³-hybridized carbons (Fsp3) is 0.267. The number of nitrogens with zero attached hydrogens (tertiary/aromatic N) is 2. The molecule has 0 bridgehead atoms. The maximum atomic E-state index is 11.3. The minimum Gasteiger partial charge on any atom is -0.508 e. The van der Waals surface area contributed by atoms with Gasteiger partial charge in [-0.25, -0.2) is 14.8 Å². The van der Waals surface area contributed by atoms with Crippen molar-refractivity contribution in [1.29, 1.82) is 0 Å². The predicted octanol–water partition coefficient (Wildman–Crippen LogP) is 2.34. The molecule has 22 heavy (non-hydrogen) atoms. The van der Waals surface area contributed by atoms with Crippen LogP contribution in [0.1, 0.15) is 31.3 Å². The van der Waals surface area contributed by atoms with Crippen molar-refractivity contribution in [3.63, 3.8) is 0 Å². The van der Waals surface area contributed by atoms with E-state index in [4.69, 9.17) is 5.73 Å². The quantitative estimate of drug-likeness (QED) is 0.686. The maximum Gasteiger partial charge on any atom is 0.356 e. The molecular formula is C15H18N4O3. The topological polar surface area (TPSA) is 121 Å². The molecule has 0 saturated heterocycles. The van der Waals surface area contributed by atoms with E-state index in [2.05, 4.69) is 15.3 Å². The third-order valence-corrected chi connectivity index (χ3v) is 2.75. The highest BCUT2D eigenvalue weighted by Gasteiger charge is 2.21. The van der Waals surface area contributed by atoms with Crippen LogP contribution in [0.5, 0.6) is 5.75 Å². The molecule has 0 fully saturated rings. The summed E-state index contributed by atoms with van der Waals surface area (Å²) in [6.45, 7) is 5.72. The molecule has 0 amide bonds. The van der Waals surface area contributed by atoms with E-state index in [9.17, 15) is 15.0 Å². The van der Waals surface area contributed by atoms with Crippen LogP contribution >= 0.6 is 0 Å². The van der Waals surface area contributed by atoms with Crippen molar-refractivity contribution in [2.75, 3.05) is 11.1 Å². The molecule has 0 aliphatic heterocycles. The summed E-state index contributed by atoms with van der Waals surface area (Å²) in [5.74, 6) is -0.772. The molecule has 2 aromatic rings. The first-order valence-electron chi connectivity index (χ1n) is 6.66. The largest absolute Gasteiger partial charge is 0.508 e. The second-order valence-electron chi connectivity index (χ2n) is 5.89. The number of nitrogens with two attached hydrogens (primary N) is 1. The first-order valence-corrected chi connectivity index (χ1v) is 6.66. The third-order valence-electron chi connectivity index (χ3n) is 2.75. The standard InChI is InChI=1S/C15H18N4O3/c1-15(2,3)19-13-10(16)11(14(21)22)17-12(18-13)8-5-4-6-9(20)7-8/h4-7,20H,16H2,1-3H3,(H,21,22)(H,17,18,19). The van der Waals surface area contributed by atoms with Crippen LogP contribution in [0.3, 0.4) is 0 Å². The molecule has 0 spiro atoms. The Morgan fingerprint density at radius 3 is 2.50 bits per heavy atom. The van der Waals surface area contributed by atoms with Gasteiger partial charge in [-0.05, 0) is 32.9 Å². The molecule has 2 rings (SSSR count). The van der Waals surface area contributed by atoms with Crippen LogP contribution in [0.2, 0.25) is 0 Å². The van der Waals surface area contributed by atoms with Crippen LogP contribution in [0.4, 0.5) is 11.5 Å². The van der Waals surface area contributed by atoms with E-state index in [1.807, 2.05) is 20.8 Å². The number of phenolic OH excluding ortho intramolecular Hbond substituents is 1. The number of carboxylic acid groups (broad SMARTS) is 1. The number of carboxylic acids is 1. The number of nitrogen functional groups attached to an aromatic ring is 1. The van der Waals surface area contributed by atoms with Gasteiger partial charge in [-0.2, -0.15) is 0 Å². The normalized spacial score (nSPS) is 11.2. The van der Waals surface area contributed by atoms with E-state index >= 15 is 0 Å². The molecule has 0 aliphatic rings. The molecule has 7 heteroatoms. The van der Waals surface area contributed by atoms with Crippen LogP contribution < -0.4 is 11.1 Å². The molecule has 1 aromatic carbocycles. The lowest BCUT2D eigenvalue weighted by molar-refractivity contribution is 0.0691. The van der Waals surface area contributed by atoms with E-state index in [1.165, 1.54) is 12.1 Å². The lowest BCUT2D eigenvalue weighted by Gasteiger charge is -2.23. The Labute approximate surface area is 127 Å². The number of hydrogen-bond donors (Lipinski definition) is 4. The molecule has 116 valence electrons. The minimum absolute atomic E-state index is 0.0219. The average molecular weight is 302 g/mol. The molecular weight excluding hydrogens is 284 g/mol. The van der Waals surface area contributed by atoms with Crippen molar-refractivity contribution < 1.29 is 15.0 Å². The number of nitrogens with one attached hydrogen (secondary N) is 1. The first-order chi connectivity index (χ1) is 10.2. The first kappa shape index (κ1) is 15.6. The molecule has 0 radical (unpaired) electrons. The fourth-order valence-electron chi connectivity index (χ4n) is 1.86. The number of hydrogen-bond acceptors (Lipinski definition) is 6. The summed E-state index contributed by atoms with van der Waals surface area (Å²) in [7, 11) is 0. The van der Waals surface area contributed by atoms with Gasteiger partial charge < -0.3 is 21.3 Å². The van der Waals surface area contributed by atoms with Crippen molar-refractivity contribution >= 4 is 17.5 Å². The molecule has 0 saturated carbocycles. The van der Waals surface area contributed by atoms with Gasteiger partial charge in [0.1, 0.15) is 11.4 Å². The summed E-state index contributed by atoms with van der Waals surface area (Å²) in [6, 6.07) is 6.27. The van der Waals surface area contributed by atoms with Gasteiger partial charge in [0.05, 0.1) is 0 Å². The summed E-state index contributed by atoms with van der Waals surface area (Å²) in [5, 5.41) is 21.9. The zero-order valence-electron chi connectivity index (χ0n) is 12.6. The van der Waals surface area contributed by atoms with Crippen LogP contribution in [0.15, 0.2) is 24.3 Å². The Bertz CT molecular complexity index is 723. The average Bonchev–Trinajstić information content (AvgIpc) is 2.39. The molecule has 0 atom stereocenters. The molecule has 1 aromatic heterocycles. The molecule has 0 unspecified atom stereocenters. The van der Waals surface area contributed by atoms with Crippen LogP contribution in [-0.4, -0.2) is 31.7 Å². The van der Waals surface area contributed by atoms with Crippen LogP contribution in [0, 0.1) is 0 Å². The van der Waals surface area contributed by atoms with Gasteiger partial charge >= 0.3 is 5.97 Å². The highest BCUT2D eigenvalue weighted by atomic mass is 16.4. The van der Waals surface area contributed by atoms with Crippen LogP contribution in [-0.2, 0) is 0 Å². The number of aromatic hydroxyl groups is 1. The summed E-state index contributed by atoms with van der Waals surface area (Å²) >= 11 is 0. The van der Waals surface area contributed by atoms with Crippen molar-refractivity contribution in [3.05, 3.63) is 30.0 Å². The maximum absolute atomic E-state index is 11.3. The zero-order chi connectivity index (χ0) is 16.5. The number of aromatic carboxylic acids is 1. The van der Waals surface area contributed by atoms with Crippen molar-refractivity contribution in [2.24, 2.45) is 0 Å². The number of benzene rings is 1. The lowest BCUT2D eigenvalue weighted by atomic mass is 10.1. The Balaban J connectivity index is 2.62. The van der Waals surface area contributed by atoms with Gasteiger partial charge in [0.25, 0.3) is 0 Å². The monoisotopic (exact) mass is 302 g/mol. The number of carbonyl (C=O) groups is 1.